The Morgan fingerprint density at radius 1 is 1.17 bits per heavy atom. The molecule has 0 bridgehead atoms. The number of anilines is 1. The van der Waals surface area contributed by atoms with Gasteiger partial charge in [0, 0.05) is 43.9 Å². The molecule has 2 aromatic heterocycles. The molecule has 118 valence electrons. The van der Waals surface area contributed by atoms with Gasteiger partial charge in [-0.15, -0.1) is 0 Å². The molecule has 0 radical (unpaired) electrons. The molecule has 1 N–H and O–H groups in total. The molecule has 0 aliphatic carbocycles. The molecule has 1 aromatic carbocycles. The fraction of sp³-hybridized carbons (Fsp3) is 0.333. The molecule has 1 fully saturated rings. The van der Waals surface area contributed by atoms with E-state index in [-0.39, 0.29) is 0 Å². The van der Waals surface area contributed by atoms with E-state index < -0.39 is 0 Å². The predicted molar refractivity (Wildman–Crippen MR) is 90.5 cm³/mol. The SMILES string of the molecule is c1ccc(-c2cn3ccnc3c(NCC3CCOCC3)n2)cc1. The van der Waals surface area contributed by atoms with E-state index in [0.29, 0.717) is 5.92 Å². The second-order valence-electron chi connectivity index (χ2n) is 5.94. The van der Waals surface area contributed by atoms with Gasteiger partial charge in [-0.1, -0.05) is 30.3 Å². The van der Waals surface area contributed by atoms with Crippen LogP contribution in [0.2, 0.25) is 0 Å². The second kappa shape index (κ2) is 6.38. The Morgan fingerprint density at radius 2 is 2.00 bits per heavy atom. The molecular weight excluding hydrogens is 288 g/mol. The quantitative estimate of drug-likeness (QED) is 0.804. The van der Waals surface area contributed by atoms with E-state index >= 15 is 0 Å². The summed E-state index contributed by atoms with van der Waals surface area (Å²) >= 11 is 0. The van der Waals surface area contributed by atoms with Crippen molar-refractivity contribution in [3.05, 3.63) is 48.9 Å². The average molecular weight is 308 g/mol. The van der Waals surface area contributed by atoms with Crippen molar-refractivity contribution in [1.82, 2.24) is 14.4 Å². The number of ether oxygens (including phenoxy) is 1. The van der Waals surface area contributed by atoms with Crippen molar-refractivity contribution in [2.45, 2.75) is 12.8 Å². The fourth-order valence-electron chi connectivity index (χ4n) is 2.99. The van der Waals surface area contributed by atoms with Crippen molar-refractivity contribution >= 4 is 11.5 Å². The monoisotopic (exact) mass is 308 g/mol. The van der Waals surface area contributed by atoms with Crippen LogP contribution >= 0.6 is 0 Å². The Morgan fingerprint density at radius 3 is 2.83 bits per heavy atom. The number of hydrogen-bond donors (Lipinski definition) is 1. The zero-order chi connectivity index (χ0) is 15.5. The van der Waals surface area contributed by atoms with Gasteiger partial charge in [0.2, 0.25) is 0 Å². The molecule has 1 aliphatic rings. The predicted octanol–water partition coefficient (Wildman–Crippen LogP) is 3.23. The zero-order valence-corrected chi connectivity index (χ0v) is 13.0. The molecule has 5 heteroatoms. The van der Waals surface area contributed by atoms with Gasteiger partial charge < -0.3 is 14.5 Å². The third kappa shape index (κ3) is 3.05. The van der Waals surface area contributed by atoms with Crippen molar-refractivity contribution < 1.29 is 4.74 Å². The maximum absolute atomic E-state index is 5.43. The molecule has 4 rings (SSSR count). The molecule has 0 spiro atoms. The topological polar surface area (TPSA) is 51.5 Å². The van der Waals surface area contributed by atoms with E-state index in [1.54, 1.807) is 0 Å². The first kappa shape index (κ1) is 14.2. The summed E-state index contributed by atoms with van der Waals surface area (Å²) in [6, 6.07) is 10.2. The van der Waals surface area contributed by atoms with Crippen LogP contribution in [0.1, 0.15) is 12.8 Å². The summed E-state index contributed by atoms with van der Waals surface area (Å²) in [6.45, 7) is 2.64. The minimum absolute atomic E-state index is 0.640. The van der Waals surface area contributed by atoms with Crippen molar-refractivity contribution in [2.75, 3.05) is 25.1 Å². The maximum atomic E-state index is 5.43. The first-order valence-electron chi connectivity index (χ1n) is 8.11. The molecule has 0 saturated carbocycles. The van der Waals surface area contributed by atoms with Crippen LogP contribution in [0.15, 0.2) is 48.9 Å². The number of fused-ring (bicyclic) bond motifs is 1. The van der Waals surface area contributed by atoms with Crippen LogP contribution in [0, 0.1) is 5.92 Å². The molecule has 3 aromatic rings. The van der Waals surface area contributed by atoms with Crippen LogP contribution in [0.5, 0.6) is 0 Å². The minimum atomic E-state index is 0.640. The Bertz CT molecular complexity index is 778. The number of hydrogen-bond acceptors (Lipinski definition) is 4. The standard InChI is InChI=1S/C18H20N4O/c1-2-4-15(5-3-1)16-13-22-9-8-19-18(22)17(21-16)20-12-14-6-10-23-11-7-14/h1-5,8-9,13-14H,6-7,10-12H2,(H,20,21). The minimum Gasteiger partial charge on any atom is -0.381 e. The van der Waals surface area contributed by atoms with Gasteiger partial charge in [0.05, 0.1) is 5.69 Å². The number of nitrogens with zero attached hydrogens (tertiary/aromatic N) is 3. The summed E-state index contributed by atoms with van der Waals surface area (Å²) in [6.07, 6.45) is 8.01. The average Bonchev–Trinajstić information content (AvgIpc) is 3.10. The molecule has 1 aliphatic heterocycles. The molecule has 1 saturated heterocycles. The number of aromatic nitrogens is 3. The van der Waals surface area contributed by atoms with Crippen molar-refractivity contribution in [2.24, 2.45) is 5.92 Å². The van der Waals surface area contributed by atoms with Crippen LogP contribution in [0.25, 0.3) is 16.9 Å². The normalized spacial score (nSPS) is 15.8. The number of nitrogens with one attached hydrogen (secondary N) is 1. The van der Waals surface area contributed by atoms with Gasteiger partial charge in [0.15, 0.2) is 11.5 Å². The summed E-state index contributed by atoms with van der Waals surface area (Å²) in [5.74, 6) is 1.49. The van der Waals surface area contributed by atoms with Crippen LogP contribution in [0.4, 0.5) is 5.82 Å². The third-order valence-electron chi connectivity index (χ3n) is 4.34. The lowest BCUT2D eigenvalue weighted by atomic mass is 10.0. The van der Waals surface area contributed by atoms with Crippen LogP contribution < -0.4 is 5.32 Å². The largest absolute Gasteiger partial charge is 0.381 e. The van der Waals surface area contributed by atoms with E-state index in [9.17, 15) is 0 Å². The first-order valence-corrected chi connectivity index (χ1v) is 8.11. The van der Waals surface area contributed by atoms with E-state index in [0.717, 1.165) is 55.3 Å². The van der Waals surface area contributed by atoms with Gasteiger partial charge in [0.1, 0.15) is 0 Å². The third-order valence-corrected chi connectivity index (χ3v) is 4.34. The highest BCUT2D eigenvalue weighted by molar-refractivity contribution is 5.69. The summed E-state index contributed by atoms with van der Waals surface area (Å²) in [7, 11) is 0. The summed E-state index contributed by atoms with van der Waals surface area (Å²) < 4.78 is 7.46. The fourth-order valence-corrected chi connectivity index (χ4v) is 2.99. The lowest BCUT2D eigenvalue weighted by molar-refractivity contribution is 0.0699. The van der Waals surface area contributed by atoms with Gasteiger partial charge >= 0.3 is 0 Å². The highest BCUT2D eigenvalue weighted by Gasteiger charge is 2.15. The van der Waals surface area contributed by atoms with Gasteiger partial charge in [0.25, 0.3) is 0 Å². The van der Waals surface area contributed by atoms with Gasteiger partial charge in [-0.2, -0.15) is 0 Å². The summed E-state index contributed by atoms with van der Waals surface area (Å²) in [5.41, 5.74) is 2.93. The Balaban J connectivity index is 1.63. The van der Waals surface area contributed by atoms with Crippen LogP contribution in [-0.2, 0) is 4.74 Å². The Labute approximate surface area is 135 Å². The number of benzene rings is 1. The molecule has 0 atom stereocenters. The lowest BCUT2D eigenvalue weighted by Gasteiger charge is -2.22. The van der Waals surface area contributed by atoms with E-state index in [1.807, 2.05) is 41.2 Å². The van der Waals surface area contributed by atoms with Gasteiger partial charge in [-0.05, 0) is 18.8 Å². The first-order chi connectivity index (χ1) is 11.4. The summed E-state index contributed by atoms with van der Waals surface area (Å²) in [5, 5.41) is 3.50. The smallest absolute Gasteiger partial charge is 0.180 e. The highest BCUT2D eigenvalue weighted by Crippen LogP contribution is 2.23. The van der Waals surface area contributed by atoms with E-state index in [2.05, 4.69) is 22.4 Å². The van der Waals surface area contributed by atoms with Crippen LogP contribution in [0.3, 0.4) is 0 Å². The van der Waals surface area contributed by atoms with Crippen molar-refractivity contribution in [1.29, 1.82) is 0 Å². The lowest BCUT2D eigenvalue weighted by Crippen LogP contribution is -2.23. The molecule has 3 heterocycles. The highest BCUT2D eigenvalue weighted by atomic mass is 16.5. The van der Waals surface area contributed by atoms with Gasteiger partial charge in [-0.25, -0.2) is 9.97 Å². The van der Waals surface area contributed by atoms with E-state index in [4.69, 9.17) is 9.72 Å². The zero-order valence-electron chi connectivity index (χ0n) is 13.0. The molecule has 5 nitrogen and oxygen atoms in total. The number of rotatable bonds is 4. The van der Waals surface area contributed by atoms with Crippen LogP contribution in [-0.4, -0.2) is 34.1 Å². The van der Waals surface area contributed by atoms with Crippen molar-refractivity contribution in [3.63, 3.8) is 0 Å². The Hall–Kier alpha value is -2.40. The molecule has 0 amide bonds. The summed E-state index contributed by atoms with van der Waals surface area (Å²) in [4.78, 5) is 9.23. The molecular formula is C18H20N4O. The van der Waals surface area contributed by atoms with Gasteiger partial charge in [-0.3, -0.25) is 0 Å². The second-order valence-corrected chi connectivity index (χ2v) is 5.94. The van der Waals surface area contributed by atoms with Crippen molar-refractivity contribution in [3.8, 4) is 11.3 Å². The Kier molecular flexibility index (Phi) is 3.94. The molecule has 0 unspecified atom stereocenters. The maximum Gasteiger partial charge on any atom is 0.180 e. The number of imidazole rings is 1. The van der Waals surface area contributed by atoms with E-state index in [1.165, 1.54) is 0 Å². The molecule has 23 heavy (non-hydrogen) atoms.